The molecule has 2 atom stereocenters. The zero-order valence-corrected chi connectivity index (χ0v) is 11.0. The summed E-state index contributed by atoms with van der Waals surface area (Å²) in [4.78, 5) is 4.15. The molecule has 1 aliphatic rings. The van der Waals surface area contributed by atoms with Crippen LogP contribution in [0.1, 0.15) is 32.1 Å². The van der Waals surface area contributed by atoms with E-state index < -0.39 is 0 Å². The summed E-state index contributed by atoms with van der Waals surface area (Å²) in [6, 6.07) is 1.69. The molecule has 0 saturated heterocycles. The fourth-order valence-electron chi connectivity index (χ4n) is 2.15. The molecule has 3 nitrogen and oxygen atoms in total. The number of pyridine rings is 1. The molecule has 2 unspecified atom stereocenters. The number of anilines is 1. The molecule has 1 saturated carbocycles. The van der Waals surface area contributed by atoms with Gasteiger partial charge in [-0.25, -0.2) is 4.98 Å². The van der Waals surface area contributed by atoms with E-state index in [1.165, 1.54) is 6.42 Å². The van der Waals surface area contributed by atoms with Crippen LogP contribution in [0, 0.1) is 0 Å². The highest BCUT2D eigenvalue weighted by Gasteiger charge is 2.22. The van der Waals surface area contributed by atoms with Gasteiger partial charge in [-0.3, -0.25) is 0 Å². The first kappa shape index (κ1) is 12.9. The van der Waals surface area contributed by atoms with Gasteiger partial charge >= 0.3 is 0 Å². The molecular weight excluding hydrogens is 259 g/mol. The molecule has 2 rings (SSSR count). The Hall–Kier alpha value is -0.510. The number of nitrogens with zero attached hydrogens (tertiary/aromatic N) is 1. The molecule has 0 aliphatic heterocycles. The molecule has 1 fully saturated rings. The summed E-state index contributed by atoms with van der Waals surface area (Å²) in [6.45, 7) is 0. The Morgan fingerprint density at radius 2 is 2.00 bits per heavy atom. The third kappa shape index (κ3) is 3.47. The van der Waals surface area contributed by atoms with Gasteiger partial charge in [0.15, 0.2) is 0 Å². The van der Waals surface area contributed by atoms with Gasteiger partial charge in [-0.1, -0.05) is 42.5 Å². The molecule has 1 heterocycles. The summed E-state index contributed by atoms with van der Waals surface area (Å²) in [5.41, 5.74) is 0. The predicted octanol–water partition coefficient (Wildman–Crippen LogP) is 3.49. The number of nitrogens with one attached hydrogen (secondary N) is 1. The second-order valence-electron chi connectivity index (χ2n) is 4.44. The van der Waals surface area contributed by atoms with Gasteiger partial charge in [0, 0.05) is 6.20 Å². The Balaban J connectivity index is 2.08. The molecule has 0 radical (unpaired) electrons. The Morgan fingerprint density at radius 3 is 2.76 bits per heavy atom. The molecule has 1 aliphatic carbocycles. The molecule has 0 aromatic carbocycles. The van der Waals surface area contributed by atoms with Crippen molar-refractivity contribution in [3.63, 3.8) is 0 Å². The van der Waals surface area contributed by atoms with Crippen LogP contribution in [0.5, 0.6) is 0 Å². The van der Waals surface area contributed by atoms with E-state index in [0.29, 0.717) is 15.9 Å². The van der Waals surface area contributed by atoms with Gasteiger partial charge in [-0.05, 0) is 18.9 Å². The monoisotopic (exact) mass is 274 g/mol. The van der Waals surface area contributed by atoms with E-state index in [4.69, 9.17) is 23.2 Å². The standard InChI is InChI=1S/C12H16Cl2N2O/c13-8-6-9(14)12(15-7-8)16-10-4-2-1-3-5-11(10)17/h6-7,10-11,17H,1-5H2,(H,15,16). The Labute approximate surface area is 111 Å². The molecule has 94 valence electrons. The van der Waals surface area contributed by atoms with Crippen LogP contribution in [0.3, 0.4) is 0 Å². The summed E-state index contributed by atoms with van der Waals surface area (Å²) >= 11 is 11.8. The maximum atomic E-state index is 10.00. The fraction of sp³-hybridized carbons (Fsp3) is 0.583. The van der Waals surface area contributed by atoms with Crippen LogP contribution in [0.15, 0.2) is 12.3 Å². The largest absolute Gasteiger partial charge is 0.391 e. The number of hydrogen-bond donors (Lipinski definition) is 2. The highest BCUT2D eigenvalue weighted by Crippen LogP contribution is 2.26. The average Bonchev–Trinajstić information content (AvgIpc) is 2.48. The Morgan fingerprint density at radius 1 is 1.24 bits per heavy atom. The lowest BCUT2D eigenvalue weighted by Gasteiger charge is -2.22. The van der Waals surface area contributed by atoms with Gasteiger partial charge in [0.25, 0.3) is 0 Å². The minimum absolute atomic E-state index is 0.0312. The molecule has 17 heavy (non-hydrogen) atoms. The summed E-state index contributed by atoms with van der Waals surface area (Å²) in [6.07, 6.45) is 6.40. The lowest BCUT2D eigenvalue weighted by molar-refractivity contribution is 0.144. The van der Waals surface area contributed by atoms with Crippen molar-refractivity contribution in [3.8, 4) is 0 Å². The van der Waals surface area contributed by atoms with Crippen LogP contribution in [-0.4, -0.2) is 22.2 Å². The van der Waals surface area contributed by atoms with Crippen LogP contribution < -0.4 is 5.32 Å². The molecule has 0 amide bonds. The molecule has 0 spiro atoms. The van der Waals surface area contributed by atoms with E-state index in [1.807, 2.05) is 0 Å². The number of hydrogen-bond acceptors (Lipinski definition) is 3. The zero-order chi connectivity index (χ0) is 12.3. The smallest absolute Gasteiger partial charge is 0.145 e. The number of aliphatic hydroxyl groups excluding tert-OH is 1. The minimum Gasteiger partial charge on any atom is -0.391 e. The van der Waals surface area contributed by atoms with Gasteiger partial charge in [-0.2, -0.15) is 0 Å². The molecular formula is C12H16Cl2N2O. The van der Waals surface area contributed by atoms with Gasteiger partial charge in [0.05, 0.1) is 22.2 Å². The molecule has 5 heteroatoms. The van der Waals surface area contributed by atoms with Gasteiger partial charge in [0.2, 0.25) is 0 Å². The minimum atomic E-state index is -0.328. The lowest BCUT2D eigenvalue weighted by atomic mass is 10.1. The van der Waals surface area contributed by atoms with Crippen molar-refractivity contribution in [1.82, 2.24) is 4.98 Å². The van der Waals surface area contributed by atoms with Crippen molar-refractivity contribution in [1.29, 1.82) is 0 Å². The first-order chi connectivity index (χ1) is 8.16. The van der Waals surface area contributed by atoms with Crippen LogP contribution in [0.25, 0.3) is 0 Å². The Kier molecular flexibility index (Phi) is 4.48. The maximum Gasteiger partial charge on any atom is 0.145 e. The van der Waals surface area contributed by atoms with E-state index in [9.17, 15) is 5.11 Å². The quantitative estimate of drug-likeness (QED) is 0.812. The van der Waals surface area contributed by atoms with E-state index in [-0.39, 0.29) is 12.1 Å². The van der Waals surface area contributed by atoms with Gasteiger partial charge in [-0.15, -0.1) is 0 Å². The number of aliphatic hydroxyl groups is 1. The second-order valence-corrected chi connectivity index (χ2v) is 5.28. The highest BCUT2D eigenvalue weighted by atomic mass is 35.5. The van der Waals surface area contributed by atoms with Crippen molar-refractivity contribution < 1.29 is 5.11 Å². The first-order valence-electron chi connectivity index (χ1n) is 5.92. The second kappa shape index (κ2) is 5.89. The molecule has 1 aromatic heterocycles. The van der Waals surface area contributed by atoms with Crippen LogP contribution in [-0.2, 0) is 0 Å². The average molecular weight is 275 g/mol. The maximum absolute atomic E-state index is 10.00. The van der Waals surface area contributed by atoms with E-state index >= 15 is 0 Å². The third-order valence-corrected chi connectivity index (χ3v) is 3.60. The van der Waals surface area contributed by atoms with Crippen LogP contribution in [0.2, 0.25) is 10.0 Å². The van der Waals surface area contributed by atoms with E-state index in [2.05, 4.69) is 10.3 Å². The van der Waals surface area contributed by atoms with Gasteiger partial charge in [0.1, 0.15) is 5.82 Å². The predicted molar refractivity (Wildman–Crippen MR) is 70.8 cm³/mol. The van der Waals surface area contributed by atoms with Crippen molar-refractivity contribution in [2.24, 2.45) is 0 Å². The van der Waals surface area contributed by atoms with Crippen LogP contribution in [0.4, 0.5) is 5.82 Å². The zero-order valence-electron chi connectivity index (χ0n) is 9.50. The highest BCUT2D eigenvalue weighted by molar-refractivity contribution is 6.35. The third-order valence-electron chi connectivity index (χ3n) is 3.11. The van der Waals surface area contributed by atoms with Crippen molar-refractivity contribution in [2.45, 2.75) is 44.2 Å². The van der Waals surface area contributed by atoms with E-state index in [1.54, 1.807) is 12.3 Å². The van der Waals surface area contributed by atoms with Crippen molar-refractivity contribution in [2.75, 3.05) is 5.32 Å². The molecule has 0 bridgehead atoms. The molecule has 2 N–H and O–H groups in total. The number of aromatic nitrogens is 1. The van der Waals surface area contributed by atoms with Crippen molar-refractivity contribution in [3.05, 3.63) is 22.3 Å². The number of halogens is 2. The van der Waals surface area contributed by atoms with Gasteiger partial charge < -0.3 is 10.4 Å². The van der Waals surface area contributed by atoms with Crippen LogP contribution >= 0.6 is 23.2 Å². The summed E-state index contributed by atoms with van der Waals surface area (Å²) in [5, 5.41) is 14.2. The lowest BCUT2D eigenvalue weighted by Crippen LogP contribution is -2.32. The van der Waals surface area contributed by atoms with E-state index in [0.717, 1.165) is 25.7 Å². The topological polar surface area (TPSA) is 45.1 Å². The summed E-state index contributed by atoms with van der Waals surface area (Å²) in [7, 11) is 0. The number of rotatable bonds is 2. The SMILES string of the molecule is OC1CCCCCC1Nc1ncc(Cl)cc1Cl. The first-order valence-corrected chi connectivity index (χ1v) is 6.68. The van der Waals surface area contributed by atoms with Crippen molar-refractivity contribution >= 4 is 29.0 Å². The fourth-order valence-corrected chi connectivity index (χ4v) is 2.59. The summed E-state index contributed by atoms with van der Waals surface area (Å²) in [5.74, 6) is 0.599. The summed E-state index contributed by atoms with van der Waals surface area (Å²) < 4.78 is 0. The normalized spacial score (nSPS) is 25.4. The molecule has 1 aromatic rings. The Bertz CT molecular complexity index is 387.